The molecule has 0 aliphatic carbocycles. The number of nitrogens with one attached hydrogen (secondary N) is 1. The van der Waals surface area contributed by atoms with Gasteiger partial charge in [0.1, 0.15) is 0 Å². The number of ether oxygens (including phenoxy) is 1. The average molecular weight is 217 g/mol. The van der Waals surface area contributed by atoms with E-state index in [0.29, 0.717) is 0 Å². The molecule has 0 radical (unpaired) electrons. The Morgan fingerprint density at radius 1 is 1.50 bits per heavy atom. The Morgan fingerprint density at radius 2 is 2.38 bits per heavy atom. The number of methoxy groups -OCH3 is 1. The Morgan fingerprint density at radius 3 is 3.06 bits per heavy atom. The van der Waals surface area contributed by atoms with Gasteiger partial charge in [-0.1, -0.05) is 6.07 Å². The van der Waals surface area contributed by atoms with E-state index in [0.717, 1.165) is 19.5 Å². The number of rotatable bonds is 3. The van der Waals surface area contributed by atoms with Crippen molar-refractivity contribution >= 4 is 5.52 Å². The van der Waals surface area contributed by atoms with Crippen LogP contribution in [0.25, 0.3) is 5.52 Å². The van der Waals surface area contributed by atoms with Crippen molar-refractivity contribution in [1.82, 2.24) is 14.9 Å². The number of hydrogen-bond donors (Lipinski definition) is 1. The first-order valence-corrected chi connectivity index (χ1v) is 5.50. The van der Waals surface area contributed by atoms with Crippen LogP contribution in [0.4, 0.5) is 0 Å². The maximum atomic E-state index is 5.60. The van der Waals surface area contributed by atoms with Crippen LogP contribution in [0.15, 0.2) is 30.6 Å². The van der Waals surface area contributed by atoms with Crippen molar-refractivity contribution in [2.75, 3.05) is 20.2 Å². The largest absolute Gasteiger partial charge is 0.375 e. The minimum absolute atomic E-state index is 0.0284. The lowest BCUT2D eigenvalue weighted by Crippen LogP contribution is -2.61. The van der Waals surface area contributed by atoms with Crippen molar-refractivity contribution in [3.63, 3.8) is 0 Å². The first kappa shape index (κ1) is 9.81. The molecule has 0 bridgehead atoms. The lowest BCUT2D eigenvalue weighted by Gasteiger charge is -2.41. The van der Waals surface area contributed by atoms with Gasteiger partial charge in [-0.25, -0.2) is 4.52 Å². The summed E-state index contributed by atoms with van der Waals surface area (Å²) in [6.07, 6.45) is 4.83. The molecule has 3 rings (SSSR count). The fourth-order valence-electron chi connectivity index (χ4n) is 2.22. The molecule has 4 nitrogen and oxygen atoms in total. The van der Waals surface area contributed by atoms with Crippen molar-refractivity contribution in [2.45, 2.75) is 12.0 Å². The topological polar surface area (TPSA) is 38.6 Å². The summed E-state index contributed by atoms with van der Waals surface area (Å²) in [6, 6.07) is 6.12. The summed E-state index contributed by atoms with van der Waals surface area (Å²) >= 11 is 0. The first-order chi connectivity index (χ1) is 7.83. The van der Waals surface area contributed by atoms with E-state index in [1.54, 1.807) is 7.11 Å². The van der Waals surface area contributed by atoms with E-state index in [9.17, 15) is 0 Å². The summed E-state index contributed by atoms with van der Waals surface area (Å²) in [5.41, 5.74) is 2.40. The van der Waals surface area contributed by atoms with E-state index in [1.807, 2.05) is 29.0 Å². The summed E-state index contributed by atoms with van der Waals surface area (Å²) in [5, 5.41) is 7.60. The molecule has 1 fully saturated rings. The second-order valence-corrected chi connectivity index (χ2v) is 4.37. The van der Waals surface area contributed by atoms with Crippen LogP contribution in [0.3, 0.4) is 0 Å². The van der Waals surface area contributed by atoms with Gasteiger partial charge in [0.25, 0.3) is 0 Å². The van der Waals surface area contributed by atoms with Gasteiger partial charge in [-0.05, 0) is 12.1 Å². The lowest BCUT2D eigenvalue weighted by molar-refractivity contribution is -0.0500. The molecule has 1 aliphatic heterocycles. The van der Waals surface area contributed by atoms with Crippen LogP contribution in [0.1, 0.15) is 5.56 Å². The second-order valence-electron chi connectivity index (χ2n) is 4.37. The minimum atomic E-state index is -0.0284. The van der Waals surface area contributed by atoms with Crippen LogP contribution in [-0.2, 0) is 11.2 Å². The van der Waals surface area contributed by atoms with E-state index >= 15 is 0 Å². The third-order valence-corrected chi connectivity index (χ3v) is 3.35. The SMILES string of the molecule is COC1(Cc2cnn3ccccc23)CNC1. The molecule has 1 saturated heterocycles. The maximum absolute atomic E-state index is 5.60. The van der Waals surface area contributed by atoms with Gasteiger partial charge in [0, 0.05) is 38.4 Å². The lowest BCUT2D eigenvalue weighted by atomic mass is 9.89. The summed E-state index contributed by atoms with van der Waals surface area (Å²) < 4.78 is 7.50. The predicted octanol–water partition coefficient (Wildman–Crippen LogP) is 0.865. The minimum Gasteiger partial charge on any atom is -0.375 e. The molecule has 0 aromatic carbocycles. The van der Waals surface area contributed by atoms with Gasteiger partial charge in [0.2, 0.25) is 0 Å². The highest BCUT2D eigenvalue weighted by molar-refractivity contribution is 5.54. The fourth-order valence-corrected chi connectivity index (χ4v) is 2.22. The van der Waals surface area contributed by atoms with Gasteiger partial charge >= 0.3 is 0 Å². The predicted molar refractivity (Wildman–Crippen MR) is 61.5 cm³/mol. The summed E-state index contributed by atoms with van der Waals surface area (Å²) in [4.78, 5) is 0. The third-order valence-electron chi connectivity index (χ3n) is 3.35. The number of pyridine rings is 1. The zero-order valence-electron chi connectivity index (χ0n) is 9.31. The molecule has 0 spiro atoms. The van der Waals surface area contributed by atoms with Crippen molar-refractivity contribution in [3.8, 4) is 0 Å². The highest BCUT2D eigenvalue weighted by atomic mass is 16.5. The third kappa shape index (κ3) is 1.42. The van der Waals surface area contributed by atoms with Gasteiger partial charge < -0.3 is 10.1 Å². The summed E-state index contributed by atoms with van der Waals surface area (Å²) in [7, 11) is 1.78. The summed E-state index contributed by atoms with van der Waals surface area (Å²) in [5.74, 6) is 0. The molecule has 4 heteroatoms. The van der Waals surface area contributed by atoms with Crippen LogP contribution in [0.2, 0.25) is 0 Å². The Balaban J connectivity index is 1.94. The molecule has 0 saturated carbocycles. The van der Waals surface area contributed by atoms with E-state index in [1.165, 1.54) is 11.1 Å². The van der Waals surface area contributed by atoms with Crippen LogP contribution >= 0.6 is 0 Å². The van der Waals surface area contributed by atoms with Gasteiger partial charge in [-0.3, -0.25) is 0 Å². The van der Waals surface area contributed by atoms with Crippen molar-refractivity contribution in [2.24, 2.45) is 0 Å². The second kappa shape index (κ2) is 3.57. The Labute approximate surface area is 94.2 Å². The van der Waals surface area contributed by atoms with Gasteiger partial charge in [0.05, 0.1) is 17.3 Å². The normalized spacial score (nSPS) is 18.6. The van der Waals surface area contributed by atoms with Crippen LogP contribution in [0, 0.1) is 0 Å². The Bertz CT molecular complexity index is 496. The molecule has 0 atom stereocenters. The van der Waals surface area contributed by atoms with Crippen molar-refractivity contribution in [1.29, 1.82) is 0 Å². The fraction of sp³-hybridized carbons (Fsp3) is 0.417. The monoisotopic (exact) mass is 217 g/mol. The molecular formula is C12H15N3O. The van der Waals surface area contributed by atoms with E-state index in [4.69, 9.17) is 4.74 Å². The van der Waals surface area contributed by atoms with Gasteiger partial charge in [0.15, 0.2) is 0 Å². The highest BCUT2D eigenvalue weighted by Gasteiger charge is 2.37. The Kier molecular flexibility index (Phi) is 2.19. The quantitative estimate of drug-likeness (QED) is 0.829. The molecule has 3 heterocycles. The summed E-state index contributed by atoms with van der Waals surface area (Å²) in [6.45, 7) is 1.85. The molecule has 84 valence electrons. The first-order valence-electron chi connectivity index (χ1n) is 5.50. The van der Waals surface area contributed by atoms with Crippen molar-refractivity contribution in [3.05, 3.63) is 36.2 Å². The zero-order valence-corrected chi connectivity index (χ0v) is 9.31. The van der Waals surface area contributed by atoms with Gasteiger partial charge in [-0.15, -0.1) is 0 Å². The van der Waals surface area contributed by atoms with Gasteiger partial charge in [-0.2, -0.15) is 5.10 Å². The van der Waals surface area contributed by atoms with E-state index in [-0.39, 0.29) is 5.60 Å². The molecule has 1 aliphatic rings. The molecule has 16 heavy (non-hydrogen) atoms. The van der Waals surface area contributed by atoms with E-state index in [2.05, 4.69) is 16.5 Å². The smallest absolute Gasteiger partial charge is 0.0967 e. The van der Waals surface area contributed by atoms with Crippen LogP contribution in [-0.4, -0.2) is 35.4 Å². The maximum Gasteiger partial charge on any atom is 0.0967 e. The molecule has 0 amide bonds. The number of nitrogens with zero attached hydrogens (tertiary/aromatic N) is 2. The zero-order chi connectivity index (χ0) is 11.0. The highest BCUT2D eigenvalue weighted by Crippen LogP contribution is 2.23. The van der Waals surface area contributed by atoms with E-state index < -0.39 is 0 Å². The molecule has 2 aromatic rings. The van der Waals surface area contributed by atoms with Crippen LogP contribution in [0.5, 0.6) is 0 Å². The average Bonchev–Trinajstić information content (AvgIpc) is 2.67. The molecule has 2 aromatic heterocycles. The molecule has 0 unspecified atom stereocenters. The molecular weight excluding hydrogens is 202 g/mol. The van der Waals surface area contributed by atoms with Crippen molar-refractivity contribution < 1.29 is 4.74 Å². The number of aromatic nitrogens is 2. The number of hydrogen-bond acceptors (Lipinski definition) is 3. The Hall–Kier alpha value is -1.39. The number of fused-ring (bicyclic) bond motifs is 1. The van der Waals surface area contributed by atoms with Crippen LogP contribution < -0.4 is 5.32 Å². The standard InChI is InChI=1S/C12H15N3O/c1-16-12(8-13-9-12)6-10-7-14-15-5-3-2-4-11(10)15/h2-5,7,13H,6,8-9H2,1H3. The molecule has 1 N–H and O–H groups in total.